The first-order valence-corrected chi connectivity index (χ1v) is 11.3. The van der Waals surface area contributed by atoms with Gasteiger partial charge in [0.2, 0.25) is 0 Å². The molecule has 35 heavy (non-hydrogen) atoms. The van der Waals surface area contributed by atoms with Crippen molar-refractivity contribution in [1.29, 1.82) is 0 Å². The second-order valence-electron chi connectivity index (χ2n) is 8.17. The summed E-state index contributed by atoms with van der Waals surface area (Å²) in [5.74, 6) is -7.77. The number of aryl methyl sites for hydroxylation is 1. The van der Waals surface area contributed by atoms with E-state index >= 15 is 0 Å². The molecule has 0 saturated heterocycles. The Labute approximate surface area is 200 Å². The third-order valence-electron chi connectivity index (χ3n) is 5.40. The summed E-state index contributed by atoms with van der Waals surface area (Å²) in [5, 5.41) is 0. The van der Waals surface area contributed by atoms with E-state index in [-0.39, 0.29) is 34.6 Å². The van der Waals surface area contributed by atoms with E-state index in [4.69, 9.17) is 9.47 Å². The average Bonchev–Trinajstić information content (AvgIpc) is 2.81. The van der Waals surface area contributed by atoms with Gasteiger partial charge in [0.1, 0.15) is 0 Å². The van der Waals surface area contributed by atoms with Gasteiger partial charge in [-0.15, -0.1) is 0 Å². The Morgan fingerprint density at radius 2 is 1.46 bits per heavy atom. The lowest BCUT2D eigenvalue weighted by Crippen LogP contribution is -2.28. The van der Waals surface area contributed by atoms with Crippen molar-refractivity contribution in [1.82, 2.24) is 0 Å². The van der Waals surface area contributed by atoms with Crippen molar-refractivity contribution in [3.8, 4) is 22.6 Å². The zero-order valence-electron chi connectivity index (χ0n) is 19.4. The third kappa shape index (κ3) is 6.71. The number of halogens is 6. The van der Waals surface area contributed by atoms with Gasteiger partial charge in [0.05, 0.1) is 6.61 Å². The molecule has 2 nitrogen and oxygen atoms in total. The minimum absolute atomic E-state index is 0.0234. The topological polar surface area (TPSA) is 18.5 Å². The molecule has 0 N–H and O–H groups in total. The molecule has 0 amide bonds. The number of ether oxygens (including phenoxy) is 2. The number of alkyl halides is 2. The highest BCUT2D eigenvalue weighted by Crippen LogP contribution is 2.31. The molecule has 0 atom stereocenters. The van der Waals surface area contributed by atoms with Gasteiger partial charge in [-0.2, -0.15) is 0 Å². The maximum Gasteiger partial charge on any atom is 0.285 e. The maximum absolute atomic E-state index is 14.6. The fourth-order valence-electron chi connectivity index (χ4n) is 3.62. The van der Waals surface area contributed by atoms with Crippen molar-refractivity contribution in [2.75, 3.05) is 13.2 Å². The van der Waals surface area contributed by atoms with Crippen LogP contribution in [0.15, 0.2) is 48.5 Å². The predicted molar refractivity (Wildman–Crippen MR) is 122 cm³/mol. The lowest BCUT2D eigenvalue weighted by molar-refractivity contribution is -0.0409. The number of rotatable bonds is 11. The normalized spacial score (nSPS) is 11.5. The predicted octanol–water partition coefficient (Wildman–Crippen LogP) is 7.91. The second kappa shape index (κ2) is 11.5. The standard InChI is InChI=1S/C27H26F6O2/c1-3-5-6-18-8-10-20(26(31)25(18)30)19-9-12-24(22(29)14-19)35-16-27(32,33)15-17-7-11-23(34-4-2)21(28)13-17/h7-14H,3-6,15-16H2,1-2H3. The van der Waals surface area contributed by atoms with Gasteiger partial charge >= 0.3 is 0 Å². The van der Waals surface area contributed by atoms with Crippen molar-refractivity contribution >= 4 is 0 Å². The third-order valence-corrected chi connectivity index (χ3v) is 5.40. The van der Waals surface area contributed by atoms with Crippen molar-refractivity contribution in [3.63, 3.8) is 0 Å². The van der Waals surface area contributed by atoms with Gasteiger partial charge in [-0.1, -0.05) is 37.6 Å². The molecule has 8 heteroatoms. The second-order valence-corrected chi connectivity index (χ2v) is 8.17. The molecule has 188 valence electrons. The highest BCUT2D eigenvalue weighted by Gasteiger charge is 2.31. The molecule has 0 spiro atoms. The molecule has 0 fully saturated rings. The van der Waals surface area contributed by atoms with Crippen LogP contribution in [0.5, 0.6) is 11.5 Å². The minimum atomic E-state index is -3.42. The molecule has 0 aliphatic rings. The van der Waals surface area contributed by atoms with E-state index in [0.29, 0.717) is 12.8 Å². The van der Waals surface area contributed by atoms with E-state index in [9.17, 15) is 26.3 Å². The summed E-state index contributed by atoms with van der Waals surface area (Å²) in [7, 11) is 0. The zero-order chi connectivity index (χ0) is 25.6. The van der Waals surface area contributed by atoms with Gasteiger partial charge < -0.3 is 9.47 Å². The Kier molecular flexibility index (Phi) is 8.70. The van der Waals surface area contributed by atoms with E-state index in [1.54, 1.807) is 6.92 Å². The molecule has 3 aromatic carbocycles. The van der Waals surface area contributed by atoms with Crippen LogP contribution in [0.2, 0.25) is 0 Å². The molecule has 3 aromatic rings. The highest BCUT2D eigenvalue weighted by atomic mass is 19.3. The van der Waals surface area contributed by atoms with Crippen molar-refractivity contribution in [2.24, 2.45) is 0 Å². The monoisotopic (exact) mass is 496 g/mol. The number of hydrogen-bond acceptors (Lipinski definition) is 2. The Hall–Kier alpha value is -3.16. The fraction of sp³-hybridized carbons (Fsp3) is 0.333. The van der Waals surface area contributed by atoms with Gasteiger partial charge in [0.25, 0.3) is 5.92 Å². The minimum Gasteiger partial charge on any atom is -0.491 e. The van der Waals surface area contributed by atoms with Crippen LogP contribution in [-0.2, 0) is 12.8 Å². The molecule has 0 saturated carbocycles. The molecule has 0 aromatic heterocycles. The van der Waals surface area contributed by atoms with Gasteiger partial charge in [0, 0.05) is 12.0 Å². The molecular weight excluding hydrogens is 470 g/mol. The van der Waals surface area contributed by atoms with E-state index in [1.165, 1.54) is 30.3 Å². The molecule has 0 heterocycles. The van der Waals surface area contributed by atoms with Crippen molar-refractivity contribution in [2.45, 2.75) is 45.5 Å². The first kappa shape index (κ1) is 26.4. The van der Waals surface area contributed by atoms with Gasteiger partial charge in [-0.3, -0.25) is 0 Å². The molecular formula is C27H26F6O2. The lowest BCUT2D eigenvalue weighted by atomic mass is 10.00. The Morgan fingerprint density at radius 3 is 2.11 bits per heavy atom. The fourth-order valence-corrected chi connectivity index (χ4v) is 3.62. The van der Waals surface area contributed by atoms with E-state index in [1.807, 2.05) is 6.92 Å². The highest BCUT2D eigenvalue weighted by molar-refractivity contribution is 5.65. The summed E-state index contributed by atoms with van der Waals surface area (Å²) in [5.41, 5.74) is 0.166. The summed E-state index contributed by atoms with van der Waals surface area (Å²) >= 11 is 0. The number of benzene rings is 3. The van der Waals surface area contributed by atoms with Crippen molar-refractivity contribution in [3.05, 3.63) is 82.9 Å². The summed E-state index contributed by atoms with van der Waals surface area (Å²) in [6.07, 6.45) is 1.09. The molecule has 0 unspecified atom stereocenters. The van der Waals surface area contributed by atoms with Gasteiger partial charge in [0.15, 0.2) is 41.4 Å². The van der Waals surface area contributed by atoms with Crippen LogP contribution in [-0.4, -0.2) is 19.1 Å². The number of hydrogen-bond donors (Lipinski definition) is 0. The van der Waals surface area contributed by atoms with Crippen LogP contribution in [0.3, 0.4) is 0 Å². The smallest absolute Gasteiger partial charge is 0.285 e. The Balaban J connectivity index is 1.69. The van der Waals surface area contributed by atoms with Crippen LogP contribution < -0.4 is 9.47 Å². The van der Waals surface area contributed by atoms with Crippen LogP contribution in [0, 0.1) is 23.3 Å². The SMILES string of the molecule is CCCCc1ccc(-c2ccc(OCC(F)(F)Cc3ccc(OCC)c(F)c3)c(F)c2)c(F)c1F. The first-order valence-electron chi connectivity index (χ1n) is 11.3. The summed E-state index contributed by atoms with van der Waals surface area (Å²) in [4.78, 5) is 0. The van der Waals surface area contributed by atoms with Crippen LogP contribution in [0.25, 0.3) is 11.1 Å². The Morgan fingerprint density at radius 1 is 0.771 bits per heavy atom. The first-order chi connectivity index (χ1) is 16.6. The van der Waals surface area contributed by atoms with Gasteiger partial charge in [-0.25, -0.2) is 26.3 Å². The van der Waals surface area contributed by atoms with E-state index < -0.39 is 48.0 Å². The molecule has 0 bridgehead atoms. The molecule has 0 aliphatic carbocycles. The van der Waals surface area contributed by atoms with E-state index in [2.05, 4.69) is 0 Å². The molecule has 0 radical (unpaired) electrons. The Bertz CT molecular complexity index is 1160. The maximum atomic E-state index is 14.6. The summed E-state index contributed by atoms with van der Waals surface area (Å²) < 4.78 is 96.1. The largest absolute Gasteiger partial charge is 0.491 e. The summed E-state index contributed by atoms with van der Waals surface area (Å²) in [6.45, 7) is 2.68. The number of unbranched alkanes of at least 4 members (excludes halogenated alkanes) is 1. The van der Waals surface area contributed by atoms with E-state index in [0.717, 1.165) is 24.6 Å². The average molecular weight is 496 g/mol. The van der Waals surface area contributed by atoms with Crippen LogP contribution in [0.4, 0.5) is 26.3 Å². The molecule has 0 aliphatic heterocycles. The molecule has 3 rings (SSSR count). The van der Waals surface area contributed by atoms with Crippen LogP contribution in [0.1, 0.15) is 37.8 Å². The van der Waals surface area contributed by atoms with Gasteiger partial charge in [-0.05, 0) is 60.7 Å². The quantitative estimate of drug-likeness (QED) is 0.251. The zero-order valence-corrected chi connectivity index (χ0v) is 19.4. The lowest BCUT2D eigenvalue weighted by Gasteiger charge is -2.18. The summed E-state index contributed by atoms with van der Waals surface area (Å²) in [6, 6.07) is 9.61. The van der Waals surface area contributed by atoms with Crippen molar-refractivity contribution < 1.29 is 35.8 Å². The van der Waals surface area contributed by atoms with Crippen LogP contribution >= 0.6 is 0 Å².